The van der Waals surface area contributed by atoms with Crippen LogP contribution in [0.4, 0.5) is 5.82 Å². The first-order valence-electron chi connectivity index (χ1n) is 8.78. The van der Waals surface area contributed by atoms with Crippen molar-refractivity contribution in [2.45, 2.75) is 6.42 Å². The highest BCUT2D eigenvalue weighted by Crippen LogP contribution is 2.25. The van der Waals surface area contributed by atoms with Gasteiger partial charge in [-0.1, -0.05) is 18.2 Å². The van der Waals surface area contributed by atoms with Crippen LogP contribution >= 0.6 is 0 Å². The molecule has 0 unspecified atom stereocenters. The Morgan fingerprint density at radius 3 is 2.79 bits per heavy atom. The molecule has 0 aliphatic rings. The molecule has 0 radical (unpaired) electrons. The molecule has 146 valence electrons. The number of nitrogens with one attached hydrogen (secondary N) is 2. The van der Waals surface area contributed by atoms with Crippen LogP contribution in [-0.2, 0) is 23.5 Å². The highest BCUT2D eigenvalue weighted by atomic mass is 32.2. The lowest BCUT2D eigenvalue weighted by molar-refractivity contribution is 0.588. The Labute approximate surface area is 162 Å². The molecular weight excluding hydrogens is 378 g/mol. The van der Waals surface area contributed by atoms with Crippen LogP contribution in [0.3, 0.4) is 0 Å². The van der Waals surface area contributed by atoms with Crippen molar-refractivity contribution in [1.29, 1.82) is 0 Å². The minimum atomic E-state index is -3.19. The first-order chi connectivity index (χ1) is 13.4. The molecule has 0 bridgehead atoms. The maximum atomic E-state index is 11.2. The number of aryl methyl sites for hydroxylation is 1. The molecule has 10 heteroatoms. The number of rotatable bonds is 6. The molecule has 3 aromatic heterocycles. The molecular formula is C18H21N7O2S. The zero-order valence-corrected chi connectivity index (χ0v) is 16.7. The minimum Gasteiger partial charge on any atom is -0.371 e. The van der Waals surface area contributed by atoms with Crippen LogP contribution in [0.25, 0.3) is 28.1 Å². The number of nitrogens with zero attached hydrogens (tertiary/aromatic N) is 5. The van der Waals surface area contributed by atoms with Crippen molar-refractivity contribution in [3.05, 3.63) is 42.2 Å². The van der Waals surface area contributed by atoms with E-state index in [2.05, 4.69) is 20.0 Å². The van der Waals surface area contributed by atoms with Crippen molar-refractivity contribution in [2.75, 3.05) is 25.2 Å². The van der Waals surface area contributed by atoms with Crippen molar-refractivity contribution in [1.82, 2.24) is 28.9 Å². The van der Waals surface area contributed by atoms with Crippen LogP contribution in [0.5, 0.6) is 0 Å². The summed E-state index contributed by atoms with van der Waals surface area (Å²) in [5.41, 5.74) is 5.10. The van der Waals surface area contributed by atoms with Crippen molar-refractivity contribution >= 4 is 32.7 Å². The number of imidazole rings is 1. The van der Waals surface area contributed by atoms with Gasteiger partial charge in [-0.2, -0.15) is 9.61 Å². The first-order valence-corrected chi connectivity index (χ1v) is 10.7. The van der Waals surface area contributed by atoms with Crippen LogP contribution < -0.4 is 10.0 Å². The van der Waals surface area contributed by atoms with Crippen molar-refractivity contribution < 1.29 is 8.42 Å². The van der Waals surface area contributed by atoms with Crippen LogP contribution in [0.2, 0.25) is 0 Å². The molecule has 0 saturated carbocycles. The number of benzene rings is 1. The maximum absolute atomic E-state index is 11.2. The molecule has 0 amide bonds. The average molecular weight is 399 g/mol. The Bertz CT molecular complexity index is 1270. The molecule has 1 aromatic carbocycles. The number of anilines is 1. The summed E-state index contributed by atoms with van der Waals surface area (Å²) in [7, 11) is 0.551. The Morgan fingerprint density at radius 2 is 2.04 bits per heavy atom. The van der Waals surface area contributed by atoms with E-state index in [4.69, 9.17) is 5.10 Å². The van der Waals surface area contributed by atoms with Crippen LogP contribution in [0.1, 0.15) is 5.56 Å². The lowest BCUT2D eigenvalue weighted by Gasteiger charge is -2.04. The summed E-state index contributed by atoms with van der Waals surface area (Å²) in [6, 6.07) is 9.85. The largest absolute Gasteiger partial charge is 0.371 e. The summed E-state index contributed by atoms with van der Waals surface area (Å²) in [4.78, 5) is 9.03. The van der Waals surface area contributed by atoms with Crippen LogP contribution in [0, 0.1) is 0 Å². The van der Waals surface area contributed by atoms with E-state index >= 15 is 0 Å². The number of fused-ring (bicyclic) bond motifs is 3. The van der Waals surface area contributed by atoms with Gasteiger partial charge in [-0.3, -0.25) is 0 Å². The standard InChI is InChI=1S/C18H21N7O2S/c1-19-17-16-18(24(2)11-20-16)25-15(22-17)10-14(23-25)13-6-4-5-12(9-13)7-8-21-28(3,26)27/h4-6,9-11,21H,7-8H2,1-3H3,(H,19,22). The van der Waals surface area contributed by atoms with E-state index in [0.717, 1.165) is 39.9 Å². The topological polar surface area (TPSA) is 106 Å². The van der Waals surface area contributed by atoms with Gasteiger partial charge in [-0.05, 0) is 18.1 Å². The summed E-state index contributed by atoms with van der Waals surface area (Å²) in [6.07, 6.45) is 3.50. The van der Waals surface area contributed by atoms with Crippen molar-refractivity contribution in [2.24, 2.45) is 7.05 Å². The number of aromatic nitrogens is 5. The third kappa shape index (κ3) is 3.43. The van der Waals surface area contributed by atoms with Gasteiger partial charge in [-0.15, -0.1) is 0 Å². The molecule has 4 aromatic rings. The fourth-order valence-electron chi connectivity index (χ4n) is 3.20. The quantitative estimate of drug-likeness (QED) is 0.508. The summed E-state index contributed by atoms with van der Waals surface area (Å²) in [6.45, 7) is 0.357. The first kappa shape index (κ1) is 18.4. The molecule has 0 fully saturated rings. The molecule has 0 saturated heterocycles. The zero-order chi connectivity index (χ0) is 19.9. The van der Waals surface area contributed by atoms with E-state index in [0.29, 0.717) is 18.8 Å². The predicted molar refractivity (Wildman–Crippen MR) is 109 cm³/mol. The summed E-state index contributed by atoms with van der Waals surface area (Å²) >= 11 is 0. The second kappa shape index (κ2) is 6.88. The zero-order valence-electron chi connectivity index (χ0n) is 15.8. The lowest BCUT2D eigenvalue weighted by Crippen LogP contribution is -2.24. The van der Waals surface area contributed by atoms with E-state index < -0.39 is 10.0 Å². The Morgan fingerprint density at radius 1 is 1.21 bits per heavy atom. The maximum Gasteiger partial charge on any atom is 0.208 e. The molecule has 9 nitrogen and oxygen atoms in total. The predicted octanol–water partition coefficient (Wildman–Crippen LogP) is 1.42. The normalized spacial score (nSPS) is 12.1. The molecule has 28 heavy (non-hydrogen) atoms. The van der Waals surface area contributed by atoms with Gasteiger partial charge in [0.1, 0.15) is 0 Å². The highest BCUT2D eigenvalue weighted by molar-refractivity contribution is 7.88. The fourth-order valence-corrected chi connectivity index (χ4v) is 3.67. The van der Waals surface area contributed by atoms with E-state index in [1.165, 1.54) is 0 Å². The van der Waals surface area contributed by atoms with Crippen molar-refractivity contribution in [3.8, 4) is 11.3 Å². The van der Waals surface area contributed by atoms with Gasteiger partial charge in [0.05, 0.1) is 18.3 Å². The average Bonchev–Trinajstić information content (AvgIpc) is 3.24. The molecule has 2 N–H and O–H groups in total. The third-order valence-electron chi connectivity index (χ3n) is 4.49. The molecule has 0 atom stereocenters. The minimum absolute atomic E-state index is 0.357. The SMILES string of the molecule is CNc1nc2cc(-c3cccc(CCNS(C)(=O)=O)c3)nn2c2c1ncn2C. The number of hydrogen-bond acceptors (Lipinski definition) is 6. The van der Waals surface area contributed by atoms with Gasteiger partial charge in [-0.25, -0.2) is 23.1 Å². The molecule has 3 heterocycles. The number of hydrogen-bond donors (Lipinski definition) is 2. The van der Waals surface area contributed by atoms with Crippen molar-refractivity contribution in [3.63, 3.8) is 0 Å². The monoisotopic (exact) mass is 399 g/mol. The highest BCUT2D eigenvalue weighted by Gasteiger charge is 2.15. The van der Waals surface area contributed by atoms with Gasteiger partial charge >= 0.3 is 0 Å². The fraction of sp³-hybridized carbons (Fsp3) is 0.278. The van der Waals surface area contributed by atoms with Gasteiger partial charge < -0.3 is 9.88 Å². The smallest absolute Gasteiger partial charge is 0.208 e. The van der Waals surface area contributed by atoms with Gasteiger partial charge in [0.2, 0.25) is 10.0 Å². The van der Waals surface area contributed by atoms with Crippen LogP contribution in [-0.4, -0.2) is 52.4 Å². The molecule has 0 aliphatic carbocycles. The summed E-state index contributed by atoms with van der Waals surface area (Å²) in [5, 5.41) is 7.82. The van der Waals surface area contributed by atoms with Gasteiger partial charge in [0.15, 0.2) is 22.6 Å². The van der Waals surface area contributed by atoms with Gasteiger partial charge in [0, 0.05) is 32.3 Å². The van der Waals surface area contributed by atoms with E-state index in [1.54, 1.807) is 10.8 Å². The Hall–Kier alpha value is -2.98. The Balaban J connectivity index is 1.73. The number of sulfonamides is 1. The molecule has 4 rings (SSSR count). The summed E-state index contributed by atoms with van der Waals surface area (Å²) < 4.78 is 28.7. The second-order valence-electron chi connectivity index (χ2n) is 6.65. The van der Waals surface area contributed by atoms with E-state index in [-0.39, 0.29) is 0 Å². The third-order valence-corrected chi connectivity index (χ3v) is 5.21. The second-order valence-corrected chi connectivity index (χ2v) is 8.49. The molecule has 0 aliphatic heterocycles. The van der Waals surface area contributed by atoms with E-state index in [1.807, 2.05) is 49.0 Å². The summed E-state index contributed by atoms with van der Waals surface area (Å²) in [5.74, 6) is 0.704. The van der Waals surface area contributed by atoms with Gasteiger partial charge in [0.25, 0.3) is 0 Å². The Kier molecular flexibility index (Phi) is 4.52. The molecule has 0 spiro atoms. The van der Waals surface area contributed by atoms with E-state index in [9.17, 15) is 8.42 Å². The van der Waals surface area contributed by atoms with Crippen LogP contribution in [0.15, 0.2) is 36.7 Å². The lowest BCUT2D eigenvalue weighted by atomic mass is 10.1.